The van der Waals surface area contributed by atoms with E-state index in [-0.39, 0.29) is 17.6 Å². The van der Waals surface area contributed by atoms with Gasteiger partial charge in [0.1, 0.15) is 5.52 Å². The summed E-state index contributed by atoms with van der Waals surface area (Å²) in [5.74, 6) is 0.278. The quantitative estimate of drug-likeness (QED) is 0.617. The van der Waals surface area contributed by atoms with E-state index in [2.05, 4.69) is 62.3 Å². The number of para-hydroxylation sites is 1. The van der Waals surface area contributed by atoms with Crippen LogP contribution >= 0.6 is 0 Å². The van der Waals surface area contributed by atoms with Crippen molar-refractivity contribution in [2.45, 2.75) is 52.7 Å². The van der Waals surface area contributed by atoms with Gasteiger partial charge in [-0.3, -0.25) is 0 Å². The van der Waals surface area contributed by atoms with Crippen molar-refractivity contribution >= 4 is 11.0 Å². The molecule has 0 fully saturated rings. The van der Waals surface area contributed by atoms with Crippen LogP contribution in [0.15, 0.2) is 48.5 Å². The van der Waals surface area contributed by atoms with Crippen molar-refractivity contribution in [1.82, 2.24) is 15.0 Å². The fourth-order valence-corrected chi connectivity index (χ4v) is 3.34. The maximum Gasteiger partial charge on any atom is 0.155 e. The predicted octanol–water partition coefficient (Wildman–Crippen LogP) is 5.14. The van der Waals surface area contributed by atoms with Crippen LogP contribution in [-0.2, 0) is 16.6 Å². The molecule has 1 aromatic heterocycles. The van der Waals surface area contributed by atoms with Gasteiger partial charge in [-0.1, -0.05) is 69.3 Å². The molecular formula is C22H29N3O. The second-order valence-corrected chi connectivity index (χ2v) is 8.00. The van der Waals surface area contributed by atoms with Crippen LogP contribution in [0.2, 0.25) is 0 Å². The van der Waals surface area contributed by atoms with Gasteiger partial charge in [-0.2, -0.15) is 0 Å². The first-order valence-electron chi connectivity index (χ1n) is 9.41. The second-order valence-electron chi connectivity index (χ2n) is 8.00. The van der Waals surface area contributed by atoms with E-state index in [1.165, 1.54) is 11.1 Å². The average Bonchev–Trinajstić information content (AvgIpc) is 3.03. The third kappa shape index (κ3) is 3.96. The van der Waals surface area contributed by atoms with Gasteiger partial charge in [0.15, 0.2) is 6.23 Å². The summed E-state index contributed by atoms with van der Waals surface area (Å²) in [7, 11) is 0. The number of aromatic nitrogens is 3. The first-order chi connectivity index (χ1) is 12.4. The molecule has 0 amide bonds. The standard InChI is InChI=1S/C22H29N3O/c1-6-26-21(25-20-10-8-7-9-19(20)23-24-25)16(2)15-17-11-13-18(14-12-17)22(3,4)5/h7-14,16,21H,6,15H2,1-5H3. The maximum absolute atomic E-state index is 6.07. The molecule has 26 heavy (non-hydrogen) atoms. The highest BCUT2D eigenvalue weighted by molar-refractivity contribution is 5.73. The molecule has 2 atom stereocenters. The van der Waals surface area contributed by atoms with E-state index >= 15 is 0 Å². The minimum atomic E-state index is -0.130. The molecule has 0 radical (unpaired) electrons. The average molecular weight is 351 g/mol. The molecular weight excluding hydrogens is 322 g/mol. The molecule has 4 heteroatoms. The van der Waals surface area contributed by atoms with Gasteiger partial charge in [-0.05, 0) is 42.0 Å². The SMILES string of the molecule is CCOC(C(C)Cc1ccc(C(C)(C)C)cc1)n1nnc2ccccc21. The van der Waals surface area contributed by atoms with Crippen LogP contribution < -0.4 is 0 Å². The Morgan fingerprint density at radius 3 is 2.38 bits per heavy atom. The Hall–Kier alpha value is -2.20. The Kier molecular flexibility index (Phi) is 5.42. The smallest absolute Gasteiger partial charge is 0.155 e. The minimum Gasteiger partial charge on any atom is -0.356 e. The number of hydrogen-bond donors (Lipinski definition) is 0. The maximum atomic E-state index is 6.07. The van der Waals surface area contributed by atoms with E-state index in [0.29, 0.717) is 6.61 Å². The number of fused-ring (bicyclic) bond motifs is 1. The third-order valence-corrected chi connectivity index (χ3v) is 4.82. The van der Waals surface area contributed by atoms with E-state index in [0.717, 1.165) is 17.5 Å². The van der Waals surface area contributed by atoms with E-state index in [1.807, 2.05) is 35.9 Å². The number of hydrogen-bond acceptors (Lipinski definition) is 3. The van der Waals surface area contributed by atoms with Gasteiger partial charge in [0.05, 0.1) is 5.52 Å². The number of benzene rings is 2. The second kappa shape index (κ2) is 7.58. The molecule has 3 aromatic rings. The molecule has 0 aliphatic carbocycles. The predicted molar refractivity (Wildman–Crippen MR) is 106 cm³/mol. The number of rotatable bonds is 6. The minimum absolute atomic E-state index is 0.130. The topological polar surface area (TPSA) is 39.9 Å². The van der Waals surface area contributed by atoms with Crippen molar-refractivity contribution in [3.05, 3.63) is 59.7 Å². The summed E-state index contributed by atoms with van der Waals surface area (Å²) in [6, 6.07) is 17.0. The molecule has 4 nitrogen and oxygen atoms in total. The summed E-state index contributed by atoms with van der Waals surface area (Å²) in [6.45, 7) is 11.6. The molecule has 0 bridgehead atoms. The van der Waals surface area contributed by atoms with Crippen molar-refractivity contribution in [3.8, 4) is 0 Å². The highest BCUT2D eigenvalue weighted by Crippen LogP contribution is 2.28. The molecule has 3 rings (SSSR count). The van der Waals surface area contributed by atoms with E-state index in [1.54, 1.807) is 0 Å². The van der Waals surface area contributed by atoms with Crippen molar-refractivity contribution in [2.24, 2.45) is 5.92 Å². The summed E-state index contributed by atoms with van der Waals surface area (Å²) in [4.78, 5) is 0. The lowest BCUT2D eigenvalue weighted by Gasteiger charge is -2.25. The van der Waals surface area contributed by atoms with Crippen LogP contribution in [0.5, 0.6) is 0 Å². The lowest BCUT2D eigenvalue weighted by atomic mass is 9.86. The summed E-state index contributed by atoms with van der Waals surface area (Å²) in [5.41, 5.74) is 4.77. The Labute approximate surface area is 156 Å². The molecule has 0 spiro atoms. The molecule has 0 N–H and O–H groups in total. The fraction of sp³-hybridized carbons (Fsp3) is 0.455. The number of nitrogens with zero attached hydrogens (tertiary/aromatic N) is 3. The van der Waals surface area contributed by atoms with Crippen LogP contribution in [-0.4, -0.2) is 21.6 Å². The van der Waals surface area contributed by atoms with Crippen molar-refractivity contribution < 1.29 is 4.74 Å². The molecule has 0 aliphatic heterocycles. The van der Waals surface area contributed by atoms with Crippen LogP contribution in [0.25, 0.3) is 11.0 Å². The van der Waals surface area contributed by atoms with Crippen molar-refractivity contribution in [2.75, 3.05) is 6.61 Å². The summed E-state index contributed by atoms with van der Waals surface area (Å²) < 4.78 is 7.99. The summed E-state index contributed by atoms with van der Waals surface area (Å²) in [5, 5.41) is 8.65. The van der Waals surface area contributed by atoms with Gasteiger partial charge in [0.25, 0.3) is 0 Å². The first kappa shape index (κ1) is 18.6. The number of ether oxygens (including phenoxy) is 1. The highest BCUT2D eigenvalue weighted by Gasteiger charge is 2.23. The molecule has 2 aromatic carbocycles. The lowest BCUT2D eigenvalue weighted by molar-refractivity contribution is -0.0343. The van der Waals surface area contributed by atoms with Crippen LogP contribution in [0.3, 0.4) is 0 Å². The summed E-state index contributed by atoms with van der Waals surface area (Å²) >= 11 is 0. The highest BCUT2D eigenvalue weighted by atomic mass is 16.5. The molecule has 0 saturated heterocycles. The Balaban J connectivity index is 1.82. The van der Waals surface area contributed by atoms with Crippen LogP contribution in [0.1, 0.15) is 52.0 Å². The van der Waals surface area contributed by atoms with Gasteiger partial charge < -0.3 is 4.74 Å². The van der Waals surface area contributed by atoms with Gasteiger partial charge >= 0.3 is 0 Å². The normalized spacial score (nSPS) is 14.5. The molecule has 138 valence electrons. The van der Waals surface area contributed by atoms with Crippen molar-refractivity contribution in [1.29, 1.82) is 0 Å². The zero-order valence-electron chi connectivity index (χ0n) is 16.4. The van der Waals surface area contributed by atoms with E-state index < -0.39 is 0 Å². The Bertz CT molecular complexity index is 846. The fourth-order valence-electron chi connectivity index (χ4n) is 3.34. The lowest BCUT2D eigenvalue weighted by Crippen LogP contribution is -2.23. The van der Waals surface area contributed by atoms with Gasteiger partial charge in [-0.15, -0.1) is 5.10 Å². The molecule has 1 heterocycles. The van der Waals surface area contributed by atoms with Crippen LogP contribution in [0, 0.1) is 5.92 Å². The van der Waals surface area contributed by atoms with Gasteiger partial charge in [-0.25, -0.2) is 4.68 Å². The zero-order valence-corrected chi connectivity index (χ0v) is 16.4. The largest absolute Gasteiger partial charge is 0.356 e. The third-order valence-electron chi connectivity index (χ3n) is 4.82. The molecule has 0 saturated carbocycles. The zero-order chi connectivity index (χ0) is 18.7. The monoisotopic (exact) mass is 351 g/mol. The van der Waals surface area contributed by atoms with Gasteiger partial charge in [0.2, 0.25) is 0 Å². The van der Waals surface area contributed by atoms with Gasteiger partial charge in [0, 0.05) is 12.5 Å². The van der Waals surface area contributed by atoms with Crippen molar-refractivity contribution in [3.63, 3.8) is 0 Å². The van der Waals surface area contributed by atoms with Crippen LogP contribution in [0.4, 0.5) is 0 Å². The Morgan fingerprint density at radius 1 is 1.04 bits per heavy atom. The van der Waals surface area contributed by atoms with E-state index in [9.17, 15) is 0 Å². The summed E-state index contributed by atoms with van der Waals surface area (Å²) in [6.07, 6.45) is 0.804. The first-order valence-corrected chi connectivity index (χ1v) is 9.41. The van der Waals surface area contributed by atoms with E-state index in [4.69, 9.17) is 4.74 Å². The molecule has 2 unspecified atom stereocenters. The Morgan fingerprint density at radius 2 is 1.73 bits per heavy atom. The molecule has 0 aliphatic rings.